The monoisotopic (exact) mass is 332 g/mol. The summed E-state index contributed by atoms with van der Waals surface area (Å²) in [7, 11) is 0. The van der Waals surface area contributed by atoms with Crippen molar-refractivity contribution < 1.29 is 18.0 Å². The first-order chi connectivity index (χ1) is 11.3. The molecule has 0 aliphatic heterocycles. The number of amides is 1. The second-order valence-electron chi connectivity index (χ2n) is 5.19. The van der Waals surface area contributed by atoms with Gasteiger partial charge < -0.3 is 4.90 Å². The van der Waals surface area contributed by atoms with Gasteiger partial charge in [0, 0.05) is 12.1 Å². The van der Waals surface area contributed by atoms with Crippen molar-refractivity contribution in [2.24, 2.45) is 0 Å². The van der Waals surface area contributed by atoms with Crippen LogP contribution in [0.3, 0.4) is 0 Å². The normalized spacial score (nSPS) is 11.0. The van der Waals surface area contributed by atoms with E-state index in [0.717, 1.165) is 12.1 Å². The van der Waals surface area contributed by atoms with Crippen LogP contribution in [0.25, 0.3) is 0 Å². The van der Waals surface area contributed by atoms with E-state index in [0.29, 0.717) is 16.8 Å². The molecule has 2 aromatic carbocycles. The van der Waals surface area contributed by atoms with Crippen LogP contribution in [0.15, 0.2) is 48.5 Å². The van der Waals surface area contributed by atoms with Gasteiger partial charge in [-0.05, 0) is 35.9 Å². The number of rotatable bonds is 4. The van der Waals surface area contributed by atoms with Crippen LogP contribution >= 0.6 is 0 Å². The van der Waals surface area contributed by atoms with E-state index >= 15 is 0 Å². The maximum atomic E-state index is 12.8. The molecule has 0 spiro atoms. The zero-order valence-electron chi connectivity index (χ0n) is 13.0. The number of nitriles is 1. The van der Waals surface area contributed by atoms with Gasteiger partial charge in [-0.3, -0.25) is 4.79 Å². The fourth-order valence-corrected chi connectivity index (χ4v) is 2.29. The topological polar surface area (TPSA) is 44.1 Å². The molecule has 0 aromatic heterocycles. The molecule has 6 heteroatoms. The van der Waals surface area contributed by atoms with Gasteiger partial charge in [-0.15, -0.1) is 0 Å². The van der Waals surface area contributed by atoms with Crippen LogP contribution in [-0.2, 0) is 17.5 Å². The van der Waals surface area contributed by atoms with Crippen LogP contribution in [0.5, 0.6) is 0 Å². The van der Waals surface area contributed by atoms with Crippen molar-refractivity contribution >= 4 is 11.6 Å². The lowest BCUT2D eigenvalue weighted by atomic mass is 10.1. The third-order valence-corrected chi connectivity index (χ3v) is 3.49. The van der Waals surface area contributed by atoms with E-state index in [1.54, 1.807) is 37.3 Å². The van der Waals surface area contributed by atoms with Gasteiger partial charge in [-0.25, -0.2) is 0 Å². The molecule has 0 saturated heterocycles. The molecule has 0 heterocycles. The SMILES string of the molecule is CCC(=O)N(Cc1cccc(C(F)(F)F)c1)c1cccc(C#N)c1. The number of anilines is 1. The molecule has 3 nitrogen and oxygen atoms in total. The Balaban J connectivity index is 2.37. The smallest absolute Gasteiger partial charge is 0.308 e. The fourth-order valence-electron chi connectivity index (χ4n) is 2.29. The molecule has 124 valence electrons. The molecule has 0 bridgehead atoms. The van der Waals surface area contributed by atoms with Crippen molar-refractivity contribution in [3.8, 4) is 6.07 Å². The quantitative estimate of drug-likeness (QED) is 0.826. The highest BCUT2D eigenvalue weighted by atomic mass is 19.4. The van der Waals surface area contributed by atoms with Gasteiger partial charge >= 0.3 is 6.18 Å². The third kappa shape index (κ3) is 4.13. The highest BCUT2D eigenvalue weighted by Gasteiger charge is 2.30. The van der Waals surface area contributed by atoms with Crippen LogP contribution in [0.4, 0.5) is 18.9 Å². The highest BCUT2D eigenvalue weighted by molar-refractivity contribution is 5.93. The molecule has 1 amide bonds. The van der Waals surface area contributed by atoms with E-state index < -0.39 is 11.7 Å². The number of alkyl halides is 3. The van der Waals surface area contributed by atoms with Gasteiger partial charge in [0.2, 0.25) is 5.91 Å². The molecule has 24 heavy (non-hydrogen) atoms. The highest BCUT2D eigenvalue weighted by Crippen LogP contribution is 2.30. The van der Waals surface area contributed by atoms with E-state index in [4.69, 9.17) is 5.26 Å². The van der Waals surface area contributed by atoms with Crippen LogP contribution in [-0.4, -0.2) is 5.91 Å². The lowest BCUT2D eigenvalue weighted by molar-refractivity contribution is -0.137. The van der Waals surface area contributed by atoms with Crippen LogP contribution in [0.2, 0.25) is 0 Å². The molecule has 2 rings (SSSR count). The largest absolute Gasteiger partial charge is 0.416 e. The van der Waals surface area contributed by atoms with Crippen molar-refractivity contribution in [3.05, 3.63) is 65.2 Å². The molecule has 0 aliphatic carbocycles. The summed E-state index contributed by atoms with van der Waals surface area (Å²) >= 11 is 0. The summed E-state index contributed by atoms with van der Waals surface area (Å²) in [5.74, 6) is -0.234. The maximum Gasteiger partial charge on any atom is 0.416 e. The minimum Gasteiger partial charge on any atom is -0.308 e. The molecule has 0 N–H and O–H groups in total. The van der Waals surface area contributed by atoms with Crippen molar-refractivity contribution in [2.45, 2.75) is 26.1 Å². The molecular formula is C18H15F3N2O. The Morgan fingerprint density at radius 3 is 2.50 bits per heavy atom. The Morgan fingerprint density at radius 1 is 1.17 bits per heavy atom. The summed E-state index contributed by atoms with van der Waals surface area (Å²) in [5, 5.41) is 8.98. The fraction of sp³-hybridized carbons (Fsp3) is 0.222. The van der Waals surface area contributed by atoms with Crippen LogP contribution in [0, 0.1) is 11.3 Å². The number of carbonyl (C=O) groups is 1. The molecule has 2 aromatic rings. The summed E-state index contributed by atoms with van der Waals surface area (Å²) in [4.78, 5) is 13.6. The van der Waals surface area contributed by atoms with Crippen LogP contribution in [0.1, 0.15) is 30.0 Å². The number of benzene rings is 2. The van der Waals surface area contributed by atoms with Crippen molar-refractivity contribution in [1.29, 1.82) is 5.26 Å². The summed E-state index contributed by atoms with van der Waals surface area (Å²) < 4.78 is 38.5. The van der Waals surface area contributed by atoms with Crippen molar-refractivity contribution in [3.63, 3.8) is 0 Å². The van der Waals surface area contributed by atoms with Gasteiger partial charge in [0.25, 0.3) is 0 Å². The van der Waals surface area contributed by atoms with E-state index in [1.165, 1.54) is 11.0 Å². The predicted octanol–water partition coefficient (Wildman–Crippen LogP) is 4.52. The first-order valence-corrected chi connectivity index (χ1v) is 7.32. The summed E-state index contributed by atoms with van der Waals surface area (Å²) in [6.45, 7) is 1.68. The number of hydrogen-bond acceptors (Lipinski definition) is 2. The Kier molecular flexibility index (Phi) is 5.24. The van der Waals surface area contributed by atoms with Crippen LogP contribution < -0.4 is 4.90 Å². The Hall–Kier alpha value is -2.81. The van der Waals surface area contributed by atoms with Gasteiger partial charge in [-0.1, -0.05) is 25.1 Å². The minimum absolute atomic E-state index is 0.00543. The second kappa shape index (κ2) is 7.18. The lowest BCUT2D eigenvalue weighted by Gasteiger charge is -2.23. The van der Waals surface area contributed by atoms with Gasteiger partial charge in [0.05, 0.1) is 23.7 Å². The zero-order chi connectivity index (χ0) is 17.7. The first kappa shape index (κ1) is 17.5. The summed E-state index contributed by atoms with van der Waals surface area (Å²) in [6, 6.07) is 13.3. The van der Waals surface area contributed by atoms with Gasteiger partial charge in [-0.2, -0.15) is 18.4 Å². The Labute approximate surface area is 137 Å². The number of nitrogens with zero attached hydrogens (tertiary/aromatic N) is 2. The van der Waals surface area contributed by atoms with E-state index in [9.17, 15) is 18.0 Å². The molecule has 0 atom stereocenters. The Bertz CT molecular complexity index is 778. The average Bonchev–Trinajstić information content (AvgIpc) is 2.58. The number of halogens is 3. The van der Waals surface area contributed by atoms with Gasteiger partial charge in [0.1, 0.15) is 0 Å². The number of hydrogen-bond donors (Lipinski definition) is 0. The second-order valence-corrected chi connectivity index (χ2v) is 5.19. The summed E-state index contributed by atoms with van der Waals surface area (Å²) in [6.07, 6.45) is -4.23. The first-order valence-electron chi connectivity index (χ1n) is 7.32. The number of carbonyl (C=O) groups excluding carboxylic acids is 1. The van der Waals surface area contributed by atoms with E-state index in [2.05, 4.69) is 0 Å². The maximum absolute atomic E-state index is 12.8. The standard InChI is InChI=1S/C18H15F3N2O/c1-2-17(24)23(16-8-4-5-13(10-16)11-22)12-14-6-3-7-15(9-14)18(19,20)21/h3-10H,2,12H2,1H3. The minimum atomic E-state index is -4.43. The van der Waals surface area contributed by atoms with Crippen molar-refractivity contribution in [1.82, 2.24) is 0 Å². The third-order valence-electron chi connectivity index (χ3n) is 3.49. The van der Waals surface area contributed by atoms with Gasteiger partial charge in [0.15, 0.2) is 0 Å². The molecule has 0 unspecified atom stereocenters. The zero-order valence-corrected chi connectivity index (χ0v) is 13.0. The molecular weight excluding hydrogens is 317 g/mol. The van der Waals surface area contributed by atoms with Crippen molar-refractivity contribution in [2.75, 3.05) is 4.90 Å². The Morgan fingerprint density at radius 2 is 1.88 bits per heavy atom. The molecule has 0 aliphatic rings. The van der Waals surface area contributed by atoms with E-state index in [1.807, 2.05) is 6.07 Å². The molecule has 0 fully saturated rings. The average molecular weight is 332 g/mol. The predicted molar refractivity (Wildman–Crippen MR) is 84.1 cm³/mol. The van der Waals surface area contributed by atoms with E-state index in [-0.39, 0.29) is 18.9 Å². The molecule has 0 saturated carbocycles. The summed E-state index contributed by atoms with van der Waals surface area (Å²) in [5.41, 5.74) is 0.479. The molecule has 0 radical (unpaired) electrons. The lowest BCUT2D eigenvalue weighted by Crippen LogP contribution is -2.29.